The molecule has 0 radical (unpaired) electrons. The van der Waals surface area contributed by atoms with E-state index in [1.54, 1.807) is 12.7 Å². The van der Waals surface area contributed by atoms with Crippen molar-refractivity contribution in [3.8, 4) is 0 Å². The van der Waals surface area contributed by atoms with Gasteiger partial charge in [0.2, 0.25) is 11.8 Å². The lowest BCUT2D eigenvalue weighted by molar-refractivity contribution is -0.142. The molecule has 2 aromatic heterocycles. The van der Waals surface area contributed by atoms with E-state index in [0.717, 1.165) is 101 Å². The molecule has 4 fully saturated rings. The lowest BCUT2D eigenvalue weighted by Crippen LogP contribution is -2.50. The minimum Gasteiger partial charge on any atom is -0.367 e. The fourth-order valence-electron chi connectivity index (χ4n) is 6.12. The average molecular weight is 519 g/mol. The first-order valence-electron chi connectivity index (χ1n) is 14.2. The number of nitrogens with zero attached hydrogens (tertiary/aromatic N) is 6. The van der Waals surface area contributed by atoms with Crippen molar-refractivity contribution in [1.82, 2.24) is 29.7 Å². The summed E-state index contributed by atoms with van der Waals surface area (Å²) in [6.45, 7) is 5.47. The normalized spacial score (nSPS) is 27.1. The number of anilines is 2. The number of amides is 2. The molecule has 4 heterocycles. The highest BCUT2D eigenvalue weighted by Crippen LogP contribution is 2.34. The van der Waals surface area contributed by atoms with Crippen molar-refractivity contribution in [2.24, 2.45) is 17.8 Å². The van der Waals surface area contributed by atoms with Crippen LogP contribution in [0.15, 0.2) is 24.8 Å². The molecule has 38 heavy (non-hydrogen) atoms. The maximum atomic E-state index is 13.0. The Morgan fingerprint density at radius 2 is 1.34 bits per heavy atom. The molecule has 10 heteroatoms. The van der Waals surface area contributed by atoms with Crippen LogP contribution in [0.1, 0.15) is 56.3 Å². The maximum absolute atomic E-state index is 13.0. The van der Waals surface area contributed by atoms with Gasteiger partial charge in [0.15, 0.2) is 0 Å². The Morgan fingerprint density at radius 1 is 0.789 bits per heavy atom. The summed E-state index contributed by atoms with van der Waals surface area (Å²) in [7, 11) is 0. The third-order valence-corrected chi connectivity index (χ3v) is 8.80. The van der Waals surface area contributed by atoms with Gasteiger partial charge in [-0.2, -0.15) is 0 Å². The molecule has 0 unspecified atom stereocenters. The van der Waals surface area contributed by atoms with Crippen molar-refractivity contribution >= 4 is 23.5 Å². The molecule has 0 atom stereocenters. The zero-order valence-corrected chi connectivity index (χ0v) is 22.2. The maximum Gasteiger partial charge on any atom is 0.225 e. The average Bonchev–Trinajstić information content (AvgIpc) is 2.82. The Labute approximate surface area is 224 Å². The van der Waals surface area contributed by atoms with Crippen molar-refractivity contribution in [3.05, 3.63) is 36.2 Å². The standard InChI is InChI=1S/C28H38N8O2/c1-18-9-25(31-16-29-18)33-23-13-21(14-23)28(38)36-7-3-19(4-8-36)10-22-15-26(32-17-30-22)34-24-11-20(12-24)27(37)35-5-2-6-35/h9,15-17,19-21,23-24H,2-8,10-14H2,1H3,(H,29,31,33)(H,30,32,34)/t20-,21-,23-,24-. The SMILES string of the molecule is Cc1cc(N[C@H]2C[C@H](C(=O)N3CCC(Cc4cc(N[C@H]5C[C@H](C(=O)N6CCC6)C5)ncn4)CC3)C2)ncn1. The summed E-state index contributed by atoms with van der Waals surface area (Å²) in [5, 5.41) is 6.92. The van der Waals surface area contributed by atoms with Gasteiger partial charge in [-0.3, -0.25) is 9.59 Å². The lowest BCUT2D eigenvalue weighted by Gasteiger charge is -2.41. The zero-order valence-electron chi connectivity index (χ0n) is 22.2. The van der Waals surface area contributed by atoms with E-state index in [-0.39, 0.29) is 11.8 Å². The van der Waals surface area contributed by atoms with Crippen LogP contribution >= 0.6 is 0 Å². The fraction of sp³-hybridized carbons (Fsp3) is 0.643. The van der Waals surface area contributed by atoms with Gasteiger partial charge in [-0.05, 0) is 64.2 Å². The van der Waals surface area contributed by atoms with Crippen molar-refractivity contribution < 1.29 is 9.59 Å². The van der Waals surface area contributed by atoms with Gasteiger partial charge in [0.05, 0.1) is 0 Å². The molecule has 2 saturated carbocycles. The molecular weight excluding hydrogens is 480 g/mol. The molecule has 10 nitrogen and oxygen atoms in total. The number of carbonyl (C=O) groups excluding carboxylic acids is 2. The molecule has 2 saturated heterocycles. The second-order valence-corrected chi connectivity index (χ2v) is 11.6. The fourth-order valence-corrected chi connectivity index (χ4v) is 6.12. The van der Waals surface area contributed by atoms with Crippen LogP contribution in [0.2, 0.25) is 0 Å². The van der Waals surface area contributed by atoms with E-state index in [1.807, 2.05) is 17.9 Å². The van der Waals surface area contributed by atoms with Crippen LogP contribution in [0.5, 0.6) is 0 Å². The van der Waals surface area contributed by atoms with Gasteiger partial charge in [-0.1, -0.05) is 0 Å². The van der Waals surface area contributed by atoms with E-state index in [1.165, 1.54) is 0 Å². The smallest absolute Gasteiger partial charge is 0.225 e. The van der Waals surface area contributed by atoms with Gasteiger partial charge < -0.3 is 20.4 Å². The van der Waals surface area contributed by atoms with Crippen LogP contribution in [-0.2, 0) is 16.0 Å². The first kappa shape index (κ1) is 25.0. The van der Waals surface area contributed by atoms with Crippen LogP contribution in [0.3, 0.4) is 0 Å². The first-order valence-corrected chi connectivity index (χ1v) is 14.2. The molecule has 2 aliphatic heterocycles. The van der Waals surface area contributed by atoms with E-state index in [0.29, 0.717) is 29.8 Å². The molecule has 2 N–H and O–H groups in total. The summed E-state index contributed by atoms with van der Waals surface area (Å²) < 4.78 is 0. The number of nitrogens with one attached hydrogen (secondary N) is 2. The van der Waals surface area contributed by atoms with Gasteiger partial charge >= 0.3 is 0 Å². The highest BCUT2D eigenvalue weighted by atomic mass is 16.2. The van der Waals surface area contributed by atoms with Crippen LogP contribution in [0.25, 0.3) is 0 Å². The van der Waals surface area contributed by atoms with Crippen LogP contribution in [-0.4, -0.2) is 79.8 Å². The molecule has 0 aromatic carbocycles. The van der Waals surface area contributed by atoms with Gasteiger partial charge in [0, 0.05) is 73.6 Å². The Kier molecular flexibility index (Phi) is 7.12. The number of carbonyl (C=O) groups is 2. The summed E-state index contributed by atoms with van der Waals surface area (Å²) in [6.07, 6.45) is 10.8. The predicted molar refractivity (Wildman–Crippen MR) is 143 cm³/mol. The minimum absolute atomic E-state index is 0.120. The van der Waals surface area contributed by atoms with Crippen molar-refractivity contribution in [1.29, 1.82) is 0 Å². The Bertz CT molecular complexity index is 1150. The number of likely N-dealkylation sites (tertiary alicyclic amines) is 2. The number of piperidine rings is 1. The Morgan fingerprint density at radius 3 is 1.89 bits per heavy atom. The zero-order chi connectivity index (χ0) is 26.1. The second-order valence-electron chi connectivity index (χ2n) is 11.6. The van der Waals surface area contributed by atoms with Gasteiger partial charge in [-0.15, -0.1) is 0 Å². The minimum atomic E-state index is 0.120. The van der Waals surface area contributed by atoms with Crippen LogP contribution < -0.4 is 10.6 Å². The number of aryl methyl sites for hydroxylation is 1. The molecule has 2 aliphatic carbocycles. The first-order chi connectivity index (χ1) is 18.5. The van der Waals surface area contributed by atoms with Crippen LogP contribution in [0.4, 0.5) is 11.6 Å². The number of hydrogen-bond donors (Lipinski definition) is 2. The van der Waals surface area contributed by atoms with E-state index in [4.69, 9.17) is 0 Å². The number of rotatable bonds is 8. The summed E-state index contributed by atoms with van der Waals surface area (Å²) >= 11 is 0. The van der Waals surface area contributed by atoms with Gasteiger partial charge in [-0.25, -0.2) is 19.9 Å². The summed E-state index contributed by atoms with van der Waals surface area (Å²) in [6, 6.07) is 4.62. The molecule has 2 aromatic rings. The molecular formula is C28H38N8O2. The third kappa shape index (κ3) is 5.59. The Hall–Kier alpha value is -3.30. The largest absolute Gasteiger partial charge is 0.367 e. The highest BCUT2D eigenvalue weighted by molar-refractivity contribution is 5.81. The number of aromatic nitrogens is 4. The quantitative estimate of drug-likeness (QED) is 0.548. The summed E-state index contributed by atoms with van der Waals surface area (Å²) in [4.78, 5) is 46.7. The number of hydrogen-bond acceptors (Lipinski definition) is 8. The predicted octanol–water partition coefficient (Wildman–Crippen LogP) is 2.67. The van der Waals surface area contributed by atoms with E-state index in [2.05, 4.69) is 41.5 Å². The van der Waals surface area contributed by atoms with Gasteiger partial charge in [0.1, 0.15) is 24.3 Å². The third-order valence-electron chi connectivity index (χ3n) is 8.80. The van der Waals surface area contributed by atoms with Crippen molar-refractivity contribution in [2.45, 2.75) is 70.4 Å². The monoisotopic (exact) mass is 518 g/mol. The van der Waals surface area contributed by atoms with E-state index < -0.39 is 0 Å². The Balaban J connectivity index is 0.908. The van der Waals surface area contributed by atoms with Gasteiger partial charge in [0.25, 0.3) is 0 Å². The molecule has 0 bridgehead atoms. The van der Waals surface area contributed by atoms with E-state index >= 15 is 0 Å². The molecule has 2 amide bonds. The van der Waals surface area contributed by atoms with Crippen molar-refractivity contribution in [3.63, 3.8) is 0 Å². The molecule has 0 spiro atoms. The molecule has 4 aliphatic rings. The van der Waals surface area contributed by atoms with E-state index in [9.17, 15) is 9.59 Å². The van der Waals surface area contributed by atoms with Crippen molar-refractivity contribution in [2.75, 3.05) is 36.8 Å². The highest BCUT2D eigenvalue weighted by Gasteiger charge is 2.39. The van der Waals surface area contributed by atoms with Crippen LogP contribution in [0, 0.1) is 24.7 Å². The topological polar surface area (TPSA) is 116 Å². The lowest BCUT2D eigenvalue weighted by atomic mass is 9.78. The summed E-state index contributed by atoms with van der Waals surface area (Å²) in [5.41, 5.74) is 1.99. The summed E-state index contributed by atoms with van der Waals surface area (Å²) in [5.74, 6) is 3.15. The molecule has 6 rings (SSSR count). The second kappa shape index (κ2) is 10.8. The molecule has 202 valence electrons.